The van der Waals surface area contributed by atoms with Crippen LogP contribution in [0, 0.1) is 0 Å². The van der Waals surface area contributed by atoms with Crippen LogP contribution in [0.1, 0.15) is 21.5 Å². The van der Waals surface area contributed by atoms with Gasteiger partial charge in [-0.3, -0.25) is 4.79 Å². The Balaban J connectivity index is 2.32. The van der Waals surface area contributed by atoms with E-state index >= 15 is 0 Å². The molecule has 25 heavy (non-hydrogen) atoms. The monoisotopic (exact) mass is 353 g/mol. The molecule has 0 aromatic heterocycles. The van der Waals surface area contributed by atoms with Crippen molar-refractivity contribution < 1.29 is 27.4 Å². The van der Waals surface area contributed by atoms with Crippen LogP contribution in [0.15, 0.2) is 42.5 Å². The standard InChI is InChI=1S/C18H18F3NO3/c1-22(11-12-7-4-5-9-14(12)18(19,20)21)17(23)13-8-6-10-15(24-2)16(13)25-3/h4-10H,11H2,1-3H3. The molecule has 0 bridgehead atoms. The van der Waals surface area contributed by atoms with Gasteiger partial charge in [-0.2, -0.15) is 13.2 Å². The summed E-state index contributed by atoms with van der Waals surface area (Å²) in [5.74, 6) is 0.149. The zero-order valence-corrected chi connectivity index (χ0v) is 14.1. The van der Waals surface area contributed by atoms with Gasteiger partial charge in [-0.1, -0.05) is 24.3 Å². The van der Waals surface area contributed by atoms with Crippen LogP contribution >= 0.6 is 0 Å². The number of hydrogen-bond donors (Lipinski definition) is 0. The lowest BCUT2D eigenvalue weighted by atomic mass is 10.1. The van der Waals surface area contributed by atoms with Crippen molar-refractivity contribution in [3.63, 3.8) is 0 Å². The number of rotatable bonds is 5. The van der Waals surface area contributed by atoms with E-state index in [1.165, 1.54) is 50.4 Å². The minimum absolute atomic E-state index is 0.0210. The number of carbonyl (C=O) groups is 1. The van der Waals surface area contributed by atoms with Gasteiger partial charge in [-0.05, 0) is 23.8 Å². The SMILES string of the molecule is COc1cccc(C(=O)N(C)Cc2ccccc2C(F)(F)F)c1OC. The number of hydrogen-bond acceptors (Lipinski definition) is 3. The Labute approximate surface area is 143 Å². The Bertz CT molecular complexity index is 759. The van der Waals surface area contributed by atoms with Gasteiger partial charge in [0.15, 0.2) is 11.5 Å². The second-order valence-electron chi connectivity index (χ2n) is 5.36. The quantitative estimate of drug-likeness (QED) is 0.816. The van der Waals surface area contributed by atoms with Crippen molar-refractivity contribution in [1.82, 2.24) is 4.90 Å². The largest absolute Gasteiger partial charge is 0.493 e. The van der Waals surface area contributed by atoms with Crippen LogP contribution in [0.4, 0.5) is 13.2 Å². The maximum Gasteiger partial charge on any atom is 0.416 e. The average Bonchev–Trinajstić information content (AvgIpc) is 2.59. The van der Waals surface area contributed by atoms with E-state index in [1.54, 1.807) is 12.1 Å². The summed E-state index contributed by atoms with van der Waals surface area (Å²) in [7, 11) is 4.28. The molecule has 0 aliphatic carbocycles. The summed E-state index contributed by atoms with van der Waals surface area (Å²) in [6.45, 7) is -0.186. The first kappa shape index (κ1) is 18.6. The van der Waals surface area contributed by atoms with Crippen LogP contribution in [0.5, 0.6) is 11.5 Å². The van der Waals surface area contributed by atoms with E-state index in [9.17, 15) is 18.0 Å². The number of methoxy groups -OCH3 is 2. The second kappa shape index (κ2) is 7.46. The molecule has 0 fully saturated rings. The first-order valence-electron chi connectivity index (χ1n) is 7.41. The van der Waals surface area contributed by atoms with Crippen molar-refractivity contribution in [1.29, 1.82) is 0 Å². The molecule has 0 radical (unpaired) electrons. The number of alkyl halides is 3. The highest BCUT2D eigenvalue weighted by Gasteiger charge is 2.33. The van der Waals surface area contributed by atoms with Gasteiger partial charge in [0.1, 0.15) is 0 Å². The maximum atomic E-state index is 13.1. The molecule has 2 rings (SSSR count). The first-order valence-corrected chi connectivity index (χ1v) is 7.41. The van der Waals surface area contributed by atoms with Crippen molar-refractivity contribution >= 4 is 5.91 Å². The molecule has 0 heterocycles. The van der Waals surface area contributed by atoms with E-state index < -0.39 is 17.6 Å². The number of para-hydroxylation sites is 1. The number of benzene rings is 2. The molecular weight excluding hydrogens is 335 g/mol. The average molecular weight is 353 g/mol. The molecule has 0 spiro atoms. The number of amides is 1. The van der Waals surface area contributed by atoms with Gasteiger partial charge in [0, 0.05) is 13.6 Å². The highest BCUT2D eigenvalue weighted by Crippen LogP contribution is 2.34. The highest BCUT2D eigenvalue weighted by molar-refractivity contribution is 5.97. The van der Waals surface area contributed by atoms with E-state index in [2.05, 4.69) is 0 Å². The predicted octanol–water partition coefficient (Wildman–Crippen LogP) is 3.99. The normalized spacial score (nSPS) is 11.1. The molecular formula is C18H18F3NO3. The Morgan fingerprint density at radius 1 is 1.04 bits per heavy atom. The summed E-state index contributed by atoms with van der Waals surface area (Å²) in [5, 5.41) is 0. The van der Waals surface area contributed by atoms with Crippen LogP contribution in [-0.4, -0.2) is 32.1 Å². The van der Waals surface area contributed by atoms with Crippen molar-refractivity contribution in [2.45, 2.75) is 12.7 Å². The summed E-state index contributed by atoms with van der Waals surface area (Å²) in [4.78, 5) is 13.9. The van der Waals surface area contributed by atoms with Crippen LogP contribution < -0.4 is 9.47 Å². The molecule has 4 nitrogen and oxygen atoms in total. The Hall–Kier alpha value is -2.70. The summed E-state index contributed by atoms with van der Waals surface area (Å²) < 4.78 is 49.7. The van der Waals surface area contributed by atoms with Crippen LogP contribution in [0.3, 0.4) is 0 Å². The van der Waals surface area contributed by atoms with E-state index in [0.717, 1.165) is 6.07 Å². The highest BCUT2D eigenvalue weighted by atomic mass is 19.4. The lowest BCUT2D eigenvalue weighted by Gasteiger charge is -2.21. The zero-order valence-electron chi connectivity index (χ0n) is 14.1. The molecule has 0 N–H and O–H groups in total. The molecule has 2 aromatic carbocycles. The lowest BCUT2D eigenvalue weighted by Crippen LogP contribution is -2.28. The van der Waals surface area contributed by atoms with E-state index in [4.69, 9.17) is 9.47 Å². The summed E-state index contributed by atoms with van der Waals surface area (Å²) in [5.41, 5.74) is -0.520. The summed E-state index contributed by atoms with van der Waals surface area (Å²) in [6, 6.07) is 9.97. The Kier molecular flexibility index (Phi) is 5.56. The van der Waals surface area contributed by atoms with Gasteiger partial charge < -0.3 is 14.4 Å². The smallest absolute Gasteiger partial charge is 0.416 e. The number of carbonyl (C=O) groups excluding carboxylic acids is 1. The lowest BCUT2D eigenvalue weighted by molar-refractivity contribution is -0.138. The van der Waals surface area contributed by atoms with E-state index in [0.29, 0.717) is 5.75 Å². The van der Waals surface area contributed by atoms with Crippen LogP contribution in [0.25, 0.3) is 0 Å². The molecule has 134 valence electrons. The number of nitrogens with zero attached hydrogens (tertiary/aromatic N) is 1. The summed E-state index contributed by atoms with van der Waals surface area (Å²) in [6.07, 6.45) is -4.48. The Morgan fingerprint density at radius 3 is 2.32 bits per heavy atom. The van der Waals surface area contributed by atoms with Gasteiger partial charge >= 0.3 is 6.18 Å². The Morgan fingerprint density at radius 2 is 1.72 bits per heavy atom. The number of halogens is 3. The fourth-order valence-corrected chi connectivity index (χ4v) is 2.52. The molecule has 0 atom stereocenters. The minimum Gasteiger partial charge on any atom is -0.493 e. The van der Waals surface area contributed by atoms with Crippen molar-refractivity contribution in [3.8, 4) is 11.5 Å². The molecule has 0 unspecified atom stereocenters. The minimum atomic E-state index is -4.48. The number of ether oxygens (including phenoxy) is 2. The van der Waals surface area contributed by atoms with Crippen molar-refractivity contribution in [2.75, 3.05) is 21.3 Å². The van der Waals surface area contributed by atoms with Gasteiger partial charge in [0.25, 0.3) is 5.91 Å². The summed E-state index contributed by atoms with van der Waals surface area (Å²) >= 11 is 0. The molecule has 7 heteroatoms. The zero-order chi connectivity index (χ0) is 18.6. The molecule has 0 aliphatic rings. The first-order chi connectivity index (χ1) is 11.8. The van der Waals surface area contributed by atoms with Gasteiger partial charge in [0.05, 0.1) is 25.3 Å². The fourth-order valence-electron chi connectivity index (χ4n) is 2.52. The van der Waals surface area contributed by atoms with Crippen molar-refractivity contribution in [2.24, 2.45) is 0 Å². The molecule has 1 amide bonds. The van der Waals surface area contributed by atoms with Gasteiger partial charge in [-0.15, -0.1) is 0 Å². The molecule has 0 aliphatic heterocycles. The van der Waals surface area contributed by atoms with Crippen LogP contribution in [0.2, 0.25) is 0 Å². The third-order valence-corrected chi connectivity index (χ3v) is 3.71. The third-order valence-electron chi connectivity index (χ3n) is 3.71. The molecule has 0 saturated heterocycles. The van der Waals surface area contributed by atoms with Crippen molar-refractivity contribution in [3.05, 3.63) is 59.2 Å². The maximum absolute atomic E-state index is 13.1. The van der Waals surface area contributed by atoms with Gasteiger partial charge in [-0.25, -0.2) is 0 Å². The van der Waals surface area contributed by atoms with Gasteiger partial charge in [0.2, 0.25) is 0 Å². The molecule has 0 saturated carbocycles. The van der Waals surface area contributed by atoms with Crippen LogP contribution in [-0.2, 0) is 12.7 Å². The van der Waals surface area contributed by atoms with E-state index in [1.807, 2.05) is 0 Å². The third kappa shape index (κ3) is 4.04. The predicted molar refractivity (Wildman–Crippen MR) is 86.8 cm³/mol. The fraction of sp³-hybridized carbons (Fsp3) is 0.278. The second-order valence-corrected chi connectivity index (χ2v) is 5.36. The molecule has 2 aromatic rings. The van der Waals surface area contributed by atoms with E-state index in [-0.39, 0.29) is 23.4 Å². The topological polar surface area (TPSA) is 38.8 Å².